The second-order valence-electron chi connectivity index (χ2n) is 8.15. The van der Waals surface area contributed by atoms with Crippen LogP contribution in [0.4, 0.5) is 14.5 Å². The van der Waals surface area contributed by atoms with Crippen LogP contribution in [0.3, 0.4) is 0 Å². The van der Waals surface area contributed by atoms with Crippen molar-refractivity contribution in [3.05, 3.63) is 82.5 Å². The number of aromatic nitrogens is 2. The fourth-order valence-electron chi connectivity index (χ4n) is 3.95. The number of H-pyrrole nitrogens is 1. The Morgan fingerprint density at radius 1 is 1.19 bits per heavy atom. The van der Waals surface area contributed by atoms with E-state index in [9.17, 15) is 17.6 Å². The first kappa shape index (κ1) is 24.0. The molecule has 0 saturated carbocycles. The van der Waals surface area contributed by atoms with Crippen LogP contribution in [0.2, 0.25) is 0 Å². The van der Waals surface area contributed by atoms with Gasteiger partial charge in [-0.25, -0.2) is 22.2 Å². The van der Waals surface area contributed by atoms with Crippen LogP contribution >= 0.6 is 11.3 Å². The fourth-order valence-corrected chi connectivity index (χ4v) is 6.05. The summed E-state index contributed by atoms with van der Waals surface area (Å²) in [6.07, 6.45) is 7.24. The lowest BCUT2D eigenvalue weighted by Gasteiger charge is -2.11. The minimum absolute atomic E-state index is 0.0191. The van der Waals surface area contributed by atoms with Crippen LogP contribution in [0, 0.1) is 11.6 Å². The van der Waals surface area contributed by atoms with Crippen molar-refractivity contribution in [2.24, 2.45) is 4.99 Å². The van der Waals surface area contributed by atoms with Gasteiger partial charge in [0.15, 0.2) is 5.82 Å². The normalized spacial score (nSPS) is 13.4. The average Bonchev–Trinajstić information content (AvgIpc) is 3.60. The summed E-state index contributed by atoms with van der Waals surface area (Å²) in [6.45, 7) is 2.31. The maximum atomic E-state index is 15.2. The van der Waals surface area contributed by atoms with Crippen LogP contribution in [0.1, 0.15) is 34.1 Å². The Morgan fingerprint density at radius 3 is 2.75 bits per heavy atom. The van der Waals surface area contributed by atoms with Crippen LogP contribution in [0.15, 0.2) is 59.9 Å². The summed E-state index contributed by atoms with van der Waals surface area (Å²) in [7, 11) is -3.84. The van der Waals surface area contributed by atoms with Crippen molar-refractivity contribution in [2.75, 3.05) is 17.0 Å². The molecule has 0 saturated heterocycles. The number of thiophene rings is 1. The minimum atomic E-state index is -3.84. The third kappa shape index (κ3) is 4.47. The Morgan fingerprint density at radius 2 is 2.00 bits per heavy atom. The molecule has 11 heteroatoms. The van der Waals surface area contributed by atoms with Gasteiger partial charge in [0.25, 0.3) is 0 Å². The topological polar surface area (TPSA) is 104 Å². The largest absolute Gasteiger partial charge is 0.345 e. The Labute approximate surface area is 209 Å². The SMILES string of the molecule is CCCS(=O)(=O)Nc1ccc(F)c(C(=O)c2c[nH]c3ncc(-c4ccc(C5=NCC=C5)s4)cc23)c1F. The first-order chi connectivity index (χ1) is 17.3. The van der Waals surface area contributed by atoms with Crippen LogP contribution in [-0.2, 0) is 10.0 Å². The number of sulfonamides is 1. The number of pyridine rings is 1. The number of carbonyl (C=O) groups excluding carboxylic acids is 1. The second kappa shape index (κ2) is 9.40. The molecule has 1 aliphatic heterocycles. The van der Waals surface area contributed by atoms with E-state index < -0.39 is 38.7 Å². The molecule has 0 radical (unpaired) electrons. The zero-order chi connectivity index (χ0) is 25.4. The van der Waals surface area contributed by atoms with E-state index in [2.05, 4.69) is 19.7 Å². The van der Waals surface area contributed by atoms with Gasteiger partial charge in [-0.1, -0.05) is 13.0 Å². The molecule has 0 unspecified atom stereocenters. The van der Waals surface area contributed by atoms with E-state index in [0.29, 0.717) is 24.0 Å². The van der Waals surface area contributed by atoms with Crippen LogP contribution < -0.4 is 4.72 Å². The molecule has 0 amide bonds. The van der Waals surface area contributed by atoms with E-state index in [1.165, 1.54) is 17.5 Å². The fraction of sp³-hybridized carbons (Fsp3) is 0.160. The minimum Gasteiger partial charge on any atom is -0.345 e. The standard InChI is InChI=1S/C25H20F2N4O3S2/c1-2-10-36(33,34)31-19-6-5-17(26)22(23(19)27)24(32)16-13-30-25-15(16)11-14(12-29-25)20-7-8-21(35-20)18-4-3-9-28-18/h3-8,11-13,31H,2,9-10H2,1H3,(H,29,30). The summed E-state index contributed by atoms with van der Waals surface area (Å²) >= 11 is 1.52. The number of aromatic amines is 1. The monoisotopic (exact) mass is 526 g/mol. The number of allylic oxidation sites excluding steroid dienone is 1. The third-order valence-corrected chi connectivity index (χ3v) is 8.25. The van der Waals surface area contributed by atoms with Crippen molar-refractivity contribution >= 4 is 49.6 Å². The molecule has 0 aliphatic carbocycles. The first-order valence-electron chi connectivity index (χ1n) is 11.1. The number of aliphatic imine (C=N–C) groups is 1. The Bertz CT molecular complexity index is 1670. The highest BCUT2D eigenvalue weighted by atomic mass is 32.2. The summed E-state index contributed by atoms with van der Waals surface area (Å²) in [4.78, 5) is 26.8. The van der Waals surface area contributed by atoms with Gasteiger partial charge >= 0.3 is 0 Å². The predicted octanol–water partition coefficient (Wildman–Crippen LogP) is 5.31. The number of carbonyl (C=O) groups is 1. The van der Waals surface area contributed by atoms with Crippen molar-refractivity contribution in [3.63, 3.8) is 0 Å². The van der Waals surface area contributed by atoms with Gasteiger partial charge in [-0.05, 0) is 42.8 Å². The molecule has 0 bridgehead atoms. The lowest BCUT2D eigenvalue weighted by Crippen LogP contribution is -2.18. The quantitative estimate of drug-likeness (QED) is 0.304. The molecule has 4 heterocycles. The van der Waals surface area contributed by atoms with Crippen molar-refractivity contribution in [1.29, 1.82) is 0 Å². The van der Waals surface area contributed by atoms with E-state index in [1.807, 2.05) is 24.3 Å². The van der Waals surface area contributed by atoms with Gasteiger partial charge in [-0.2, -0.15) is 0 Å². The highest BCUT2D eigenvalue weighted by molar-refractivity contribution is 7.92. The molecule has 1 aliphatic rings. The van der Waals surface area contributed by atoms with E-state index in [-0.39, 0.29) is 11.3 Å². The lowest BCUT2D eigenvalue weighted by atomic mass is 10.0. The molecule has 4 aromatic rings. The van der Waals surface area contributed by atoms with Crippen LogP contribution in [0.25, 0.3) is 21.5 Å². The number of rotatable bonds is 8. The number of nitrogens with zero attached hydrogens (tertiary/aromatic N) is 2. The van der Waals surface area contributed by atoms with E-state index >= 15 is 4.39 Å². The number of nitrogens with one attached hydrogen (secondary N) is 2. The zero-order valence-corrected chi connectivity index (χ0v) is 20.6. The molecule has 0 atom stereocenters. The highest BCUT2D eigenvalue weighted by Crippen LogP contribution is 2.33. The average molecular weight is 527 g/mol. The lowest BCUT2D eigenvalue weighted by molar-refractivity contribution is 0.103. The smallest absolute Gasteiger partial charge is 0.232 e. The van der Waals surface area contributed by atoms with Gasteiger partial charge in [0, 0.05) is 33.8 Å². The predicted molar refractivity (Wildman–Crippen MR) is 137 cm³/mol. The van der Waals surface area contributed by atoms with Gasteiger partial charge in [-0.15, -0.1) is 11.3 Å². The van der Waals surface area contributed by atoms with Gasteiger partial charge in [-0.3, -0.25) is 14.5 Å². The number of fused-ring (bicyclic) bond motifs is 1. The van der Waals surface area contributed by atoms with Gasteiger partial charge in [0.2, 0.25) is 15.8 Å². The molecular weight excluding hydrogens is 506 g/mol. The molecule has 0 spiro atoms. The molecule has 5 rings (SSSR count). The molecule has 0 fully saturated rings. The number of anilines is 1. The van der Waals surface area contributed by atoms with E-state index in [4.69, 9.17) is 0 Å². The van der Waals surface area contributed by atoms with Crippen LogP contribution in [-0.4, -0.2) is 42.2 Å². The summed E-state index contributed by atoms with van der Waals surface area (Å²) in [5.41, 5.74) is 0.702. The van der Waals surface area contributed by atoms with E-state index in [0.717, 1.165) is 33.2 Å². The van der Waals surface area contributed by atoms with Gasteiger partial charge in [0.05, 0.1) is 34.1 Å². The molecule has 3 aromatic heterocycles. The summed E-state index contributed by atoms with van der Waals surface area (Å²) in [6, 6.07) is 7.44. The van der Waals surface area contributed by atoms with Crippen LogP contribution in [0.5, 0.6) is 0 Å². The first-order valence-corrected chi connectivity index (χ1v) is 13.6. The summed E-state index contributed by atoms with van der Waals surface area (Å²) < 4.78 is 56.2. The Kier molecular flexibility index (Phi) is 6.27. The molecular formula is C25H20F2N4O3S2. The molecule has 1 aromatic carbocycles. The number of hydrogen-bond acceptors (Lipinski definition) is 6. The molecule has 36 heavy (non-hydrogen) atoms. The highest BCUT2D eigenvalue weighted by Gasteiger charge is 2.26. The molecule has 2 N–H and O–H groups in total. The maximum Gasteiger partial charge on any atom is 0.232 e. The molecule has 184 valence electrons. The van der Waals surface area contributed by atoms with Crippen molar-refractivity contribution in [1.82, 2.24) is 9.97 Å². The van der Waals surface area contributed by atoms with Crippen molar-refractivity contribution in [2.45, 2.75) is 13.3 Å². The van der Waals surface area contributed by atoms with Crippen molar-refractivity contribution < 1.29 is 22.0 Å². The van der Waals surface area contributed by atoms with Gasteiger partial charge < -0.3 is 4.98 Å². The summed E-state index contributed by atoms with van der Waals surface area (Å²) in [5, 5.41) is 0.390. The number of hydrogen-bond donors (Lipinski definition) is 2. The Hall–Kier alpha value is -3.70. The van der Waals surface area contributed by atoms with Gasteiger partial charge in [0.1, 0.15) is 11.5 Å². The van der Waals surface area contributed by atoms with Crippen molar-refractivity contribution in [3.8, 4) is 10.4 Å². The Balaban J connectivity index is 1.53. The third-order valence-electron chi connectivity index (χ3n) is 5.62. The summed E-state index contributed by atoms with van der Waals surface area (Å²) in [5.74, 6) is -3.53. The maximum absolute atomic E-state index is 15.2. The molecule has 7 nitrogen and oxygen atoms in total. The number of ketones is 1. The zero-order valence-electron chi connectivity index (χ0n) is 19.0. The number of halogens is 2. The van der Waals surface area contributed by atoms with E-state index in [1.54, 1.807) is 19.2 Å². The second-order valence-corrected chi connectivity index (χ2v) is 11.1. The number of benzene rings is 1.